The third kappa shape index (κ3) is 3.22. The summed E-state index contributed by atoms with van der Waals surface area (Å²) in [6, 6.07) is 6.54. The lowest BCUT2D eigenvalue weighted by atomic mass is 9.81. The molecule has 3 fully saturated rings. The zero-order chi connectivity index (χ0) is 16.8. The molecule has 1 aliphatic carbocycles. The molecule has 5 heteroatoms. The van der Waals surface area contributed by atoms with Crippen LogP contribution in [0.2, 0.25) is 0 Å². The summed E-state index contributed by atoms with van der Waals surface area (Å²) >= 11 is 2.08. The van der Waals surface area contributed by atoms with Crippen LogP contribution in [0.5, 0.6) is 0 Å². The number of hydrogen-bond donors (Lipinski definition) is 0. The molecule has 3 aliphatic rings. The molecule has 24 heavy (non-hydrogen) atoms. The van der Waals surface area contributed by atoms with Crippen LogP contribution in [-0.4, -0.2) is 35.5 Å². The number of thioether (sulfide) groups is 1. The van der Waals surface area contributed by atoms with Crippen LogP contribution in [0.3, 0.4) is 0 Å². The van der Waals surface area contributed by atoms with Gasteiger partial charge in [0.25, 0.3) is 0 Å². The molecule has 0 amide bonds. The van der Waals surface area contributed by atoms with Crippen LogP contribution in [-0.2, 0) is 6.18 Å². The first kappa shape index (κ1) is 16.8. The highest BCUT2D eigenvalue weighted by Crippen LogP contribution is 2.47. The van der Waals surface area contributed by atoms with Gasteiger partial charge in [-0.3, -0.25) is 4.90 Å². The van der Waals surface area contributed by atoms with Crippen molar-refractivity contribution < 1.29 is 13.2 Å². The minimum atomic E-state index is -4.23. The van der Waals surface area contributed by atoms with E-state index in [2.05, 4.69) is 16.7 Å². The van der Waals surface area contributed by atoms with Crippen molar-refractivity contribution >= 4 is 11.8 Å². The maximum absolute atomic E-state index is 12.7. The standard InChI is InChI=1S/C19H24F3NS/c20-19(21,22)16-5-1-14(2-6-16)15-3-7-17(8-4-15)23-10-9-18(11-23)12-24-13-18/h1-2,5-6,15,17H,3-4,7-13H2/t15-,17-. The van der Waals surface area contributed by atoms with E-state index in [0.29, 0.717) is 17.4 Å². The van der Waals surface area contributed by atoms with Gasteiger partial charge in [-0.1, -0.05) is 12.1 Å². The fraction of sp³-hybridized carbons (Fsp3) is 0.684. The summed E-state index contributed by atoms with van der Waals surface area (Å²) in [4.78, 5) is 2.70. The number of likely N-dealkylation sites (tertiary alicyclic amines) is 1. The Morgan fingerprint density at radius 3 is 2.17 bits per heavy atom. The molecule has 0 unspecified atom stereocenters. The molecule has 2 aliphatic heterocycles. The van der Waals surface area contributed by atoms with E-state index in [9.17, 15) is 13.2 Å². The zero-order valence-electron chi connectivity index (χ0n) is 13.8. The van der Waals surface area contributed by atoms with E-state index in [4.69, 9.17) is 0 Å². The molecule has 1 aromatic rings. The smallest absolute Gasteiger partial charge is 0.300 e. The average Bonchev–Trinajstić information content (AvgIpc) is 3.00. The average molecular weight is 355 g/mol. The van der Waals surface area contributed by atoms with Gasteiger partial charge in [-0.25, -0.2) is 0 Å². The maximum atomic E-state index is 12.7. The number of hydrogen-bond acceptors (Lipinski definition) is 2. The second-order valence-corrected chi connectivity index (χ2v) is 8.82. The summed E-state index contributed by atoms with van der Waals surface area (Å²) in [5, 5.41) is 0. The summed E-state index contributed by atoms with van der Waals surface area (Å²) < 4.78 is 38.0. The predicted octanol–water partition coefficient (Wildman–Crippen LogP) is 5.17. The highest BCUT2D eigenvalue weighted by atomic mass is 32.2. The fourth-order valence-corrected chi connectivity index (χ4v) is 5.88. The Morgan fingerprint density at radius 1 is 1.00 bits per heavy atom. The van der Waals surface area contributed by atoms with Crippen LogP contribution in [0.4, 0.5) is 13.2 Å². The van der Waals surface area contributed by atoms with E-state index < -0.39 is 11.7 Å². The molecule has 0 atom stereocenters. The van der Waals surface area contributed by atoms with Gasteiger partial charge in [0.15, 0.2) is 0 Å². The van der Waals surface area contributed by atoms with Gasteiger partial charge in [-0.15, -0.1) is 0 Å². The third-order valence-electron chi connectivity index (χ3n) is 6.21. The van der Waals surface area contributed by atoms with E-state index in [1.165, 1.54) is 56.0 Å². The van der Waals surface area contributed by atoms with Crippen molar-refractivity contribution in [3.8, 4) is 0 Å². The van der Waals surface area contributed by atoms with Crippen LogP contribution in [0, 0.1) is 5.41 Å². The van der Waals surface area contributed by atoms with Gasteiger partial charge in [-0.05, 0) is 62.3 Å². The van der Waals surface area contributed by atoms with Gasteiger partial charge >= 0.3 is 6.18 Å². The van der Waals surface area contributed by atoms with Gasteiger partial charge in [-0.2, -0.15) is 24.9 Å². The minimum absolute atomic E-state index is 0.430. The Morgan fingerprint density at radius 2 is 1.67 bits per heavy atom. The van der Waals surface area contributed by atoms with Crippen molar-refractivity contribution in [3.63, 3.8) is 0 Å². The molecule has 0 bridgehead atoms. The number of alkyl halides is 3. The van der Waals surface area contributed by atoms with E-state index >= 15 is 0 Å². The second kappa shape index (κ2) is 6.24. The molecule has 0 radical (unpaired) electrons. The molecule has 132 valence electrons. The zero-order valence-corrected chi connectivity index (χ0v) is 14.6. The van der Waals surface area contributed by atoms with Crippen LogP contribution < -0.4 is 0 Å². The number of rotatable bonds is 2. The monoisotopic (exact) mass is 355 g/mol. The predicted molar refractivity (Wildman–Crippen MR) is 92.4 cm³/mol. The largest absolute Gasteiger partial charge is 0.416 e. The number of nitrogens with zero attached hydrogens (tertiary/aromatic N) is 1. The van der Waals surface area contributed by atoms with Crippen molar-refractivity contribution in [2.24, 2.45) is 5.41 Å². The van der Waals surface area contributed by atoms with Gasteiger partial charge < -0.3 is 0 Å². The lowest BCUT2D eigenvalue weighted by Gasteiger charge is -2.40. The van der Waals surface area contributed by atoms with E-state index in [0.717, 1.165) is 18.4 Å². The fourth-order valence-electron chi connectivity index (χ4n) is 4.63. The van der Waals surface area contributed by atoms with Crippen LogP contribution in [0.15, 0.2) is 24.3 Å². The molecular formula is C19H24F3NS. The van der Waals surface area contributed by atoms with Gasteiger partial charge in [0.05, 0.1) is 5.56 Å². The van der Waals surface area contributed by atoms with Gasteiger partial charge in [0.1, 0.15) is 0 Å². The first-order valence-electron chi connectivity index (χ1n) is 8.94. The highest BCUT2D eigenvalue weighted by Gasteiger charge is 2.45. The van der Waals surface area contributed by atoms with E-state index in [1.54, 1.807) is 12.1 Å². The molecular weight excluding hydrogens is 331 g/mol. The Bertz CT molecular complexity index is 571. The second-order valence-electron chi connectivity index (χ2n) is 7.84. The van der Waals surface area contributed by atoms with Crippen molar-refractivity contribution in [1.29, 1.82) is 0 Å². The van der Waals surface area contributed by atoms with Crippen molar-refractivity contribution in [3.05, 3.63) is 35.4 Å². The summed E-state index contributed by atoms with van der Waals surface area (Å²) in [5.74, 6) is 3.11. The van der Waals surface area contributed by atoms with Crippen molar-refractivity contribution in [1.82, 2.24) is 4.90 Å². The van der Waals surface area contributed by atoms with Crippen LogP contribution >= 0.6 is 11.8 Å². The molecule has 1 aromatic carbocycles. The third-order valence-corrected chi connectivity index (χ3v) is 7.84. The Balaban J connectivity index is 1.33. The van der Waals surface area contributed by atoms with E-state index in [-0.39, 0.29) is 0 Å². The molecule has 1 nitrogen and oxygen atoms in total. The molecule has 4 rings (SSSR count). The van der Waals surface area contributed by atoms with E-state index in [1.807, 2.05) is 0 Å². The maximum Gasteiger partial charge on any atom is 0.416 e. The van der Waals surface area contributed by atoms with Crippen LogP contribution in [0.1, 0.15) is 49.1 Å². The molecule has 2 saturated heterocycles. The summed E-state index contributed by atoms with van der Waals surface area (Å²) in [7, 11) is 0. The number of halogens is 3. The summed E-state index contributed by atoms with van der Waals surface area (Å²) in [6.45, 7) is 2.52. The Hall–Kier alpha value is -0.680. The highest BCUT2D eigenvalue weighted by molar-refractivity contribution is 8.00. The molecule has 1 spiro atoms. The van der Waals surface area contributed by atoms with Gasteiger partial charge in [0.2, 0.25) is 0 Å². The first-order chi connectivity index (χ1) is 11.5. The summed E-state index contributed by atoms with van der Waals surface area (Å²) in [6.07, 6.45) is 1.72. The molecule has 0 aromatic heterocycles. The lowest BCUT2D eigenvalue weighted by Crippen LogP contribution is -2.42. The topological polar surface area (TPSA) is 3.24 Å². The lowest BCUT2D eigenvalue weighted by molar-refractivity contribution is -0.137. The Kier molecular flexibility index (Phi) is 4.36. The van der Waals surface area contributed by atoms with Gasteiger partial charge in [0, 0.05) is 29.5 Å². The Labute approximate surface area is 146 Å². The van der Waals surface area contributed by atoms with Crippen LogP contribution in [0.25, 0.3) is 0 Å². The number of benzene rings is 1. The molecule has 2 heterocycles. The molecule has 0 N–H and O–H groups in total. The normalized spacial score (nSPS) is 30.5. The SMILES string of the molecule is FC(F)(F)c1ccc([C@H]2CC[C@H](N3CCC4(CSC4)C3)CC2)cc1. The quantitative estimate of drug-likeness (QED) is 0.720. The van der Waals surface area contributed by atoms with Crippen molar-refractivity contribution in [2.45, 2.75) is 50.2 Å². The first-order valence-corrected chi connectivity index (χ1v) is 10.1. The molecule has 1 saturated carbocycles. The minimum Gasteiger partial charge on any atom is -0.300 e. The van der Waals surface area contributed by atoms with Crippen molar-refractivity contribution in [2.75, 3.05) is 24.6 Å². The summed E-state index contributed by atoms with van der Waals surface area (Å²) in [5.41, 5.74) is 1.16.